The van der Waals surface area contributed by atoms with Gasteiger partial charge in [-0.1, -0.05) is 11.6 Å². The van der Waals surface area contributed by atoms with Gasteiger partial charge in [0.2, 0.25) is 0 Å². The summed E-state index contributed by atoms with van der Waals surface area (Å²) in [5, 5.41) is 0.414. The molecule has 1 saturated heterocycles. The number of likely N-dealkylation sites (tertiary alicyclic amines) is 1. The zero-order valence-electron chi connectivity index (χ0n) is 19.3. The summed E-state index contributed by atoms with van der Waals surface area (Å²) < 4.78 is 11.4. The van der Waals surface area contributed by atoms with Gasteiger partial charge in [-0.05, 0) is 82.4 Å². The van der Waals surface area contributed by atoms with Crippen LogP contribution in [-0.4, -0.2) is 61.2 Å². The smallest absolute Gasteiger partial charge is 0.410 e. The van der Waals surface area contributed by atoms with Gasteiger partial charge >= 0.3 is 6.09 Å². The van der Waals surface area contributed by atoms with Gasteiger partial charge in [-0.3, -0.25) is 4.79 Å². The Labute approximate surface area is 190 Å². The van der Waals surface area contributed by atoms with Crippen molar-refractivity contribution >= 4 is 23.6 Å². The molecule has 0 N–H and O–H groups in total. The first-order chi connectivity index (χ1) is 14.5. The van der Waals surface area contributed by atoms with E-state index in [0.717, 1.165) is 38.3 Å². The first-order valence-electron chi connectivity index (χ1n) is 11.2. The molecule has 0 spiro atoms. The third kappa shape index (κ3) is 6.52. The van der Waals surface area contributed by atoms with Gasteiger partial charge in [0.15, 0.2) is 0 Å². The van der Waals surface area contributed by atoms with E-state index in [4.69, 9.17) is 21.1 Å². The summed E-state index contributed by atoms with van der Waals surface area (Å²) in [5.41, 5.74) is 0.0427. The molecule has 0 radical (unpaired) electrons. The van der Waals surface area contributed by atoms with E-state index < -0.39 is 5.60 Å². The Kier molecular flexibility index (Phi) is 7.40. The molecule has 7 heteroatoms. The molecule has 0 aromatic heterocycles. The summed E-state index contributed by atoms with van der Waals surface area (Å²) in [6.07, 6.45) is 4.18. The second kappa shape index (κ2) is 9.68. The molecule has 1 aromatic rings. The minimum Gasteiger partial charge on any atom is -0.494 e. The SMILES string of the molecule is CN(C)C(=O)c1ccc(OCC[C@@H]2C[C@@H]2C2CCN(C(=O)OC(C)(C)C)CC2)cc1Cl. The summed E-state index contributed by atoms with van der Waals surface area (Å²) in [7, 11) is 3.41. The standard InChI is InChI=1S/C24H35ClN2O4/c1-24(2,3)31-23(29)27-11-8-16(9-12-27)20-14-17(20)10-13-30-18-6-7-19(21(25)15-18)22(28)26(4)5/h6-7,15-17,20H,8-14H2,1-5H3/t17-,20-/m1/s1. The topological polar surface area (TPSA) is 59.1 Å². The summed E-state index contributed by atoms with van der Waals surface area (Å²) in [4.78, 5) is 27.6. The molecular formula is C24H35ClN2O4. The van der Waals surface area contributed by atoms with Crippen molar-refractivity contribution in [1.82, 2.24) is 9.80 Å². The molecule has 0 unspecified atom stereocenters. The number of piperidine rings is 1. The average molecular weight is 451 g/mol. The predicted molar refractivity (Wildman–Crippen MR) is 122 cm³/mol. The molecule has 2 amide bonds. The van der Waals surface area contributed by atoms with Crippen molar-refractivity contribution in [3.8, 4) is 5.75 Å². The highest BCUT2D eigenvalue weighted by Crippen LogP contribution is 2.49. The third-order valence-corrected chi connectivity index (χ3v) is 6.42. The number of carbonyl (C=O) groups is 2. The van der Waals surface area contributed by atoms with E-state index in [9.17, 15) is 9.59 Å². The quantitative estimate of drug-likeness (QED) is 0.605. The molecule has 3 rings (SSSR count). The van der Waals surface area contributed by atoms with E-state index in [0.29, 0.717) is 34.8 Å². The molecule has 172 valence electrons. The number of benzene rings is 1. The highest BCUT2D eigenvalue weighted by atomic mass is 35.5. The average Bonchev–Trinajstić information content (AvgIpc) is 3.46. The van der Waals surface area contributed by atoms with Crippen LogP contribution in [0.1, 0.15) is 56.8 Å². The zero-order valence-corrected chi connectivity index (χ0v) is 20.1. The van der Waals surface area contributed by atoms with Gasteiger partial charge in [0.25, 0.3) is 5.91 Å². The second-order valence-electron chi connectivity index (χ2n) is 9.94. The molecule has 1 saturated carbocycles. The van der Waals surface area contributed by atoms with E-state index in [1.165, 1.54) is 11.3 Å². The lowest BCUT2D eigenvalue weighted by Crippen LogP contribution is -2.42. The molecule has 31 heavy (non-hydrogen) atoms. The van der Waals surface area contributed by atoms with Crippen LogP contribution in [0.4, 0.5) is 4.79 Å². The number of hydrogen-bond acceptors (Lipinski definition) is 4. The molecular weight excluding hydrogens is 416 g/mol. The first-order valence-corrected chi connectivity index (χ1v) is 11.5. The summed E-state index contributed by atoms with van der Waals surface area (Å²) in [6, 6.07) is 5.24. The zero-order chi connectivity index (χ0) is 22.8. The number of amides is 2. The maximum Gasteiger partial charge on any atom is 0.410 e. The highest BCUT2D eigenvalue weighted by Gasteiger charge is 2.43. The van der Waals surface area contributed by atoms with Crippen LogP contribution in [0.3, 0.4) is 0 Å². The summed E-state index contributed by atoms with van der Waals surface area (Å²) in [6.45, 7) is 7.93. The molecule has 2 fully saturated rings. The number of carbonyl (C=O) groups excluding carboxylic acids is 2. The van der Waals surface area contributed by atoms with Crippen molar-refractivity contribution < 1.29 is 19.1 Å². The van der Waals surface area contributed by atoms with Crippen LogP contribution < -0.4 is 4.74 Å². The van der Waals surface area contributed by atoms with Crippen molar-refractivity contribution in [1.29, 1.82) is 0 Å². The molecule has 1 heterocycles. The first kappa shape index (κ1) is 23.7. The molecule has 0 bridgehead atoms. The van der Waals surface area contributed by atoms with Crippen LogP contribution in [0, 0.1) is 17.8 Å². The van der Waals surface area contributed by atoms with Crippen LogP contribution in [-0.2, 0) is 4.74 Å². The van der Waals surface area contributed by atoms with Gasteiger partial charge in [0.05, 0.1) is 17.2 Å². The van der Waals surface area contributed by atoms with Crippen LogP contribution in [0.2, 0.25) is 5.02 Å². The normalized spacial score (nSPS) is 21.5. The number of rotatable bonds is 6. The van der Waals surface area contributed by atoms with Crippen LogP contribution in [0.5, 0.6) is 5.75 Å². The Balaban J connectivity index is 1.38. The van der Waals surface area contributed by atoms with Crippen molar-refractivity contribution in [3.05, 3.63) is 28.8 Å². The number of ether oxygens (including phenoxy) is 2. The Hall–Kier alpha value is -1.95. The number of halogens is 1. The fourth-order valence-corrected chi connectivity index (χ4v) is 4.60. The maximum absolute atomic E-state index is 12.2. The van der Waals surface area contributed by atoms with E-state index in [-0.39, 0.29) is 12.0 Å². The van der Waals surface area contributed by atoms with Crippen molar-refractivity contribution in [3.63, 3.8) is 0 Å². The van der Waals surface area contributed by atoms with Gasteiger partial charge in [0, 0.05) is 27.2 Å². The minimum absolute atomic E-state index is 0.116. The monoisotopic (exact) mass is 450 g/mol. The van der Waals surface area contributed by atoms with Crippen LogP contribution >= 0.6 is 11.6 Å². The van der Waals surface area contributed by atoms with Crippen molar-refractivity contribution in [2.75, 3.05) is 33.8 Å². The van der Waals surface area contributed by atoms with Gasteiger partial charge in [-0.15, -0.1) is 0 Å². The molecule has 1 aliphatic carbocycles. The van der Waals surface area contributed by atoms with E-state index in [2.05, 4.69) is 0 Å². The lowest BCUT2D eigenvalue weighted by Gasteiger charge is -2.33. The second-order valence-corrected chi connectivity index (χ2v) is 10.4. The van der Waals surface area contributed by atoms with Gasteiger partial charge in [-0.25, -0.2) is 4.79 Å². The fraction of sp³-hybridized carbons (Fsp3) is 0.667. The Morgan fingerprint density at radius 2 is 1.87 bits per heavy atom. The molecule has 2 atom stereocenters. The van der Waals surface area contributed by atoms with Gasteiger partial charge in [-0.2, -0.15) is 0 Å². The largest absolute Gasteiger partial charge is 0.494 e. The Morgan fingerprint density at radius 3 is 2.45 bits per heavy atom. The molecule has 1 aromatic carbocycles. The number of nitrogens with zero attached hydrogens (tertiary/aromatic N) is 2. The van der Waals surface area contributed by atoms with Crippen molar-refractivity contribution in [2.24, 2.45) is 17.8 Å². The predicted octanol–water partition coefficient (Wildman–Crippen LogP) is 5.09. The summed E-state index contributed by atoms with van der Waals surface area (Å²) in [5.74, 6) is 2.71. The molecule has 1 aliphatic heterocycles. The Morgan fingerprint density at radius 1 is 1.19 bits per heavy atom. The summed E-state index contributed by atoms with van der Waals surface area (Å²) >= 11 is 6.25. The molecule has 6 nitrogen and oxygen atoms in total. The minimum atomic E-state index is -0.443. The van der Waals surface area contributed by atoms with Gasteiger partial charge in [0.1, 0.15) is 11.4 Å². The lowest BCUT2D eigenvalue weighted by molar-refractivity contribution is 0.0173. The van der Waals surface area contributed by atoms with Gasteiger partial charge < -0.3 is 19.3 Å². The fourth-order valence-electron chi connectivity index (χ4n) is 4.35. The third-order valence-electron chi connectivity index (χ3n) is 6.11. The van der Waals surface area contributed by atoms with E-state index in [1.54, 1.807) is 32.3 Å². The van der Waals surface area contributed by atoms with E-state index >= 15 is 0 Å². The van der Waals surface area contributed by atoms with Crippen molar-refractivity contribution in [2.45, 2.75) is 52.1 Å². The lowest BCUT2D eigenvalue weighted by atomic mass is 9.90. The molecule has 2 aliphatic rings. The van der Waals surface area contributed by atoms with E-state index in [1.807, 2.05) is 25.7 Å². The number of hydrogen-bond donors (Lipinski definition) is 0. The van der Waals surface area contributed by atoms with Crippen LogP contribution in [0.25, 0.3) is 0 Å². The Bertz CT molecular complexity index is 797. The highest BCUT2D eigenvalue weighted by molar-refractivity contribution is 6.34. The van der Waals surface area contributed by atoms with Crippen LogP contribution in [0.15, 0.2) is 18.2 Å². The maximum atomic E-state index is 12.2.